The molecule has 176 valence electrons. The summed E-state index contributed by atoms with van der Waals surface area (Å²) < 4.78 is 5.84. The van der Waals surface area contributed by atoms with E-state index in [1.165, 1.54) is 30.3 Å². The highest BCUT2D eigenvalue weighted by Gasteiger charge is 2.35. The molecule has 3 aromatic rings. The molecule has 0 aliphatic carbocycles. The molecular weight excluding hydrogens is 474 g/mol. The number of hydrogen-bond donors (Lipinski definition) is 0. The summed E-state index contributed by atoms with van der Waals surface area (Å²) in [5.41, 5.74) is 1.45. The molecule has 10 nitrogen and oxygen atoms in total. The number of carbonyl (C=O) groups excluding carboxylic acids is 2. The van der Waals surface area contributed by atoms with Crippen molar-refractivity contribution in [2.75, 3.05) is 0 Å². The number of carbonyl (C=O) groups is 2. The molecule has 3 aromatic carbocycles. The van der Waals surface area contributed by atoms with Crippen LogP contribution in [0.15, 0.2) is 77.7 Å². The van der Waals surface area contributed by atoms with E-state index in [1.807, 2.05) is 0 Å². The molecule has 0 aromatic heterocycles. The van der Waals surface area contributed by atoms with E-state index < -0.39 is 21.0 Å². The molecular formula is C24H17N3O7S. The van der Waals surface area contributed by atoms with Crippen LogP contribution in [-0.4, -0.2) is 25.9 Å². The lowest BCUT2D eigenvalue weighted by molar-refractivity contribution is -0.385. The third-order valence-corrected chi connectivity index (χ3v) is 5.96. The van der Waals surface area contributed by atoms with Crippen LogP contribution in [0.3, 0.4) is 0 Å². The Labute approximate surface area is 203 Å². The molecule has 0 radical (unpaired) electrons. The number of para-hydroxylation sites is 1. The SMILES string of the molecule is O=C1S/C(=C/c2ccccc2OCc2cccc([N+](=O)[O-])c2)C(=O)N1Cc1cccc([N+](=O)[O-])c1. The highest BCUT2D eigenvalue weighted by molar-refractivity contribution is 8.18. The lowest BCUT2D eigenvalue weighted by Gasteiger charge is -2.12. The van der Waals surface area contributed by atoms with E-state index >= 15 is 0 Å². The Morgan fingerprint density at radius 1 is 0.857 bits per heavy atom. The van der Waals surface area contributed by atoms with Crippen LogP contribution in [0.25, 0.3) is 6.08 Å². The summed E-state index contributed by atoms with van der Waals surface area (Å²) in [6.45, 7) is -0.0184. The Morgan fingerprint density at radius 3 is 2.17 bits per heavy atom. The third-order valence-electron chi connectivity index (χ3n) is 5.06. The average Bonchev–Trinajstić information content (AvgIpc) is 3.11. The van der Waals surface area contributed by atoms with Gasteiger partial charge in [-0.2, -0.15) is 0 Å². The van der Waals surface area contributed by atoms with Gasteiger partial charge in [-0.05, 0) is 35.0 Å². The summed E-state index contributed by atoms with van der Waals surface area (Å²) in [5, 5.41) is 21.5. The van der Waals surface area contributed by atoms with Crippen LogP contribution in [0.5, 0.6) is 5.75 Å². The summed E-state index contributed by atoms with van der Waals surface area (Å²) in [7, 11) is 0. The molecule has 1 aliphatic rings. The van der Waals surface area contributed by atoms with Crippen molar-refractivity contribution >= 4 is 40.4 Å². The summed E-state index contributed by atoms with van der Waals surface area (Å²) in [6.07, 6.45) is 1.54. The molecule has 0 atom stereocenters. The lowest BCUT2D eigenvalue weighted by Crippen LogP contribution is -2.27. The molecule has 0 saturated carbocycles. The number of nitrogens with zero attached hydrogens (tertiary/aromatic N) is 3. The Balaban J connectivity index is 1.51. The first-order valence-corrected chi connectivity index (χ1v) is 11.1. The fraction of sp³-hybridized carbons (Fsp3) is 0.0833. The van der Waals surface area contributed by atoms with Crippen molar-refractivity contribution in [3.63, 3.8) is 0 Å². The first-order valence-electron chi connectivity index (χ1n) is 10.3. The summed E-state index contributed by atoms with van der Waals surface area (Å²) in [5.74, 6) is -0.0792. The van der Waals surface area contributed by atoms with Crippen molar-refractivity contribution in [3.05, 3.63) is 115 Å². The first kappa shape index (κ1) is 23.6. The maximum absolute atomic E-state index is 12.9. The van der Waals surface area contributed by atoms with Crippen LogP contribution >= 0.6 is 11.8 Å². The van der Waals surface area contributed by atoms with E-state index in [-0.39, 0.29) is 29.4 Å². The van der Waals surface area contributed by atoms with Gasteiger partial charge in [0, 0.05) is 29.8 Å². The number of rotatable bonds is 8. The summed E-state index contributed by atoms with van der Waals surface area (Å²) >= 11 is 0.769. The number of benzene rings is 3. The summed E-state index contributed by atoms with van der Waals surface area (Å²) in [6, 6.07) is 18.7. The van der Waals surface area contributed by atoms with Crippen LogP contribution in [0, 0.1) is 20.2 Å². The maximum Gasteiger partial charge on any atom is 0.293 e. The Kier molecular flexibility index (Phi) is 6.88. The zero-order chi connectivity index (χ0) is 24.9. The van der Waals surface area contributed by atoms with E-state index in [0.29, 0.717) is 22.4 Å². The molecule has 1 heterocycles. The fourth-order valence-electron chi connectivity index (χ4n) is 3.38. The van der Waals surface area contributed by atoms with Gasteiger partial charge >= 0.3 is 0 Å². The largest absolute Gasteiger partial charge is 0.488 e. The number of amides is 2. The second-order valence-corrected chi connectivity index (χ2v) is 8.44. The van der Waals surface area contributed by atoms with E-state index in [9.17, 15) is 29.8 Å². The molecule has 1 saturated heterocycles. The number of thioether (sulfide) groups is 1. The van der Waals surface area contributed by atoms with Crippen LogP contribution in [0.2, 0.25) is 0 Å². The molecule has 0 N–H and O–H groups in total. The van der Waals surface area contributed by atoms with Gasteiger partial charge in [0.2, 0.25) is 0 Å². The fourth-order valence-corrected chi connectivity index (χ4v) is 4.21. The van der Waals surface area contributed by atoms with E-state index in [0.717, 1.165) is 16.7 Å². The van der Waals surface area contributed by atoms with Gasteiger partial charge in [0.1, 0.15) is 12.4 Å². The maximum atomic E-state index is 12.9. The van der Waals surface area contributed by atoms with Crippen molar-refractivity contribution < 1.29 is 24.2 Å². The van der Waals surface area contributed by atoms with Crippen molar-refractivity contribution in [1.82, 2.24) is 4.90 Å². The monoisotopic (exact) mass is 491 g/mol. The highest BCUT2D eigenvalue weighted by atomic mass is 32.2. The van der Waals surface area contributed by atoms with Gasteiger partial charge in [0.25, 0.3) is 22.5 Å². The average molecular weight is 491 g/mol. The highest BCUT2D eigenvalue weighted by Crippen LogP contribution is 2.35. The number of hydrogen-bond acceptors (Lipinski definition) is 8. The minimum atomic E-state index is -0.540. The standard InChI is InChI=1S/C24H17N3O7S/c28-23-22(35-24(29)25(23)14-16-5-3-8-19(11-16)26(30)31)13-18-7-1-2-10-21(18)34-15-17-6-4-9-20(12-17)27(32)33/h1-13H,14-15H2/b22-13+. The quantitative estimate of drug-likeness (QED) is 0.235. The minimum Gasteiger partial charge on any atom is -0.488 e. The van der Waals surface area contributed by atoms with Crippen molar-refractivity contribution in [2.24, 2.45) is 0 Å². The number of nitro benzene ring substituents is 2. The van der Waals surface area contributed by atoms with E-state index in [1.54, 1.807) is 48.5 Å². The van der Waals surface area contributed by atoms with Crippen molar-refractivity contribution in [2.45, 2.75) is 13.2 Å². The zero-order valence-electron chi connectivity index (χ0n) is 18.0. The van der Waals surface area contributed by atoms with Crippen LogP contribution in [0.4, 0.5) is 16.2 Å². The third kappa shape index (κ3) is 5.53. The van der Waals surface area contributed by atoms with Gasteiger partial charge < -0.3 is 4.74 Å². The van der Waals surface area contributed by atoms with Crippen molar-refractivity contribution in [1.29, 1.82) is 0 Å². The van der Waals surface area contributed by atoms with Gasteiger partial charge in [-0.1, -0.05) is 42.5 Å². The molecule has 4 rings (SSSR count). The second-order valence-electron chi connectivity index (χ2n) is 7.45. The molecule has 0 unspecified atom stereocenters. The van der Waals surface area contributed by atoms with Crippen molar-refractivity contribution in [3.8, 4) is 5.75 Å². The Morgan fingerprint density at radius 2 is 1.49 bits per heavy atom. The molecule has 0 bridgehead atoms. The number of imide groups is 1. The molecule has 11 heteroatoms. The summed E-state index contributed by atoms with van der Waals surface area (Å²) in [4.78, 5) is 47.6. The van der Waals surface area contributed by atoms with Crippen LogP contribution in [0.1, 0.15) is 16.7 Å². The predicted octanol–water partition coefficient (Wildman–Crippen LogP) is 5.32. The smallest absolute Gasteiger partial charge is 0.293 e. The molecule has 1 aliphatic heterocycles. The van der Waals surface area contributed by atoms with Gasteiger partial charge in [-0.25, -0.2) is 0 Å². The molecule has 35 heavy (non-hydrogen) atoms. The van der Waals surface area contributed by atoms with E-state index in [2.05, 4.69) is 0 Å². The van der Waals surface area contributed by atoms with Crippen LogP contribution in [-0.2, 0) is 17.9 Å². The number of ether oxygens (including phenoxy) is 1. The Hall–Kier alpha value is -4.51. The predicted molar refractivity (Wildman–Crippen MR) is 128 cm³/mol. The van der Waals surface area contributed by atoms with Gasteiger partial charge in [0.05, 0.1) is 21.3 Å². The van der Waals surface area contributed by atoms with Crippen LogP contribution < -0.4 is 4.74 Å². The topological polar surface area (TPSA) is 133 Å². The lowest BCUT2D eigenvalue weighted by atomic mass is 10.1. The normalized spacial score (nSPS) is 14.4. The first-order chi connectivity index (χ1) is 16.8. The van der Waals surface area contributed by atoms with Gasteiger partial charge in [0.15, 0.2) is 0 Å². The van der Waals surface area contributed by atoms with E-state index in [4.69, 9.17) is 4.74 Å². The molecule has 0 spiro atoms. The number of non-ortho nitro benzene ring substituents is 2. The zero-order valence-corrected chi connectivity index (χ0v) is 18.8. The molecule has 2 amide bonds. The Bertz CT molecular complexity index is 1370. The number of nitro groups is 2. The van der Waals surface area contributed by atoms with Gasteiger partial charge in [-0.3, -0.25) is 34.7 Å². The minimum absolute atomic E-state index is 0.0446. The molecule has 1 fully saturated rings. The second kappa shape index (κ2) is 10.2. The van der Waals surface area contributed by atoms with Gasteiger partial charge in [-0.15, -0.1) is 0 Å².